The van der Waals surface area contributed by atoms with Crippen molar-refractivity contribution in [1.29, 1.82) is 0 Å². The molecule has 0 aliphatic rings. The molecule has 0 amide bonds. The van der Waals surface area contributed by atoms with Crippen LogP contribution >= 0.6 is 0 Å². The molecule has 21 heavy (non-hydrogen) atoms. The van der Waals surface area contributed by atoms with Crippen molar-refractivity contribution in [3.05, 3.63) is 53.6 Å². The fourth-order valence-electron chi connectivity index (χ4n) is 2.48. The molecule has 4 heteroatoms. The smallest absolute Gasteiger partial charge is 0.123 e. The lowest BCUT2D eigenvalue weighted by Gasteiger charge is -2.18. The molecule has 1 N–H and O–H groups in total. The van der Waals surface area contributed by atoms with Crippen LogP contribution in [-0.4, -0.2) is 22.4 Å². The Bertz CT molecular complexity index is 550. The molecule has 0 spiro atoms. The highest BCUT2D eigenvalue weighted by Crippen LogP contribution is 2.11. The van der Waals surface area contributed by atoms with Crippen LogP contribution in [0.25, 0.3) is 0 Å². The molecule has 0 aliphatic heterocycles. The van der Waals surface area contributed by atoms with Crippen LogP contribution in [0.5, 0.6) is 0 Å². The Morgan fingerprint density at radius 2 is 2.05 bits per heavy atom. The molecule has 114 valence electrons. The Balaban J connectivity index is 2.03. The van der Waals surface area contributed by atoms with Crippen LogP contribution in [0.15, 0.2) is 36.7 Å². The van der Waals surface area contributed by atoms with Crippen molar-refractivity contribution in [1.82, 2.24) is 15.1 Å². The molecule has 0 saturated heterocycles. The van der Waals surface area contributed by atoms with Gasteiger partial charge in [0.25, 0.3) is 0 Å². The van der Waals surface area contributed by atoms with Crippen molar-refractivity contribution in [3.8, 4) is 0 Å². The third-order valence-corrected chi connectivity index (χ3v) is 3.55. The molecule has 1 aromatic carbocycles. The summed E-state index contributed by atoms with van der Waals surface area (Å²) in [6, 6.07) is 7.18. The molecular formula is C17H24FN3. The summed E-state index contributed by atoms with van der Waals surface area (Å²) in [6.07, 6.45) is 6.85. The summed E-state index contributed by atoms with van der Waals surface area (Å²) in [6.45, 7) is 6.09. The lowest BCUT2D eigenvalue weighted by Crippen LogP contribution is -2.33. The van der Waals surface area contributed by atoms with Crippen molar-refractivity contribution in [2.75, 3.05) is 6.54 Å². The van der Waals surface area contributed by atoms with Crippen LogP contribution in [0.4, 0.5) is 4.39 Å². The van der Waals surface area contributed by atoms with E-state index in [2.05, 4.69) is 30.5 Å². The Hall–Kier alpha value is -1.68. The molecule has 0 saturated carbocycles. The van der Waals surface area contributed by atoms with Crippen LogP contribution in [0, 0.1) is 5.82 Å². The van der Waals surface area contributed by atoms with Gasteiger partial charge in [0.15, 0.2) is 0 Å². The molecule has 1 atom stereocenters. The average molecular weight is 289 g/mol. The number of hydrogen-bond acceptors (Lipinski definition) is 2. The van der Waals surface area contributed by atoms with Gasteiger partial charge in [-0.2, -0.15) is 5.10 Å². The molecule has 1 heterocycles. The van der Waals surface area contributed by atoms with Gasteiger partial charge in [0.2, 0.25) is 0 Å². The maximum absolute atomic E-state index is 13.3. The Labute approximate surface area is 126 Å². The highest BCUT2D eigenvalue weighted by molar-refractivity contribution is 5.18. The van der Waals surface area contributed by atoms with E-state index in [9.17, 15) is 4.39 Å². The van der Waals surface area contributed by atoms with Crippen molar-refractivity contribution in [2.24, 2.45) is 0 Å². The van der Waals surface area contributed by atoms with Crippen molar-refractivity contribution in [3.63, 3.8) is 0 Å². The van der Waals surface area contributed by atoms with E-state index in [0.717, 1.165) is 37.9 Å². The predicted octanol–water partition coefficient (Wildman–Crippen LogP) is 3.20. The Morgan fingerprint density at radius 1 is 1.24 bits per heavy atom. The summed E-state index contributed by atoms with van der Waals surface area (Å²) in [5.41, 5.74) is 2.26. The minimum absolute atomic E-state index is 0.166. The highest BCUT2D eigenvalue weighted by Gasteiger charge is 2.11. The Kier molecular flexibility index (Phi) is 5.93. The van der Waals surface area contributed by atoms with Crippen LogP contribution in [0.1, 0.15) is 31.4 Å². The normalized spacial score (nSPS) is 12.5. The van der Waals surface area contributed by atoms with E-state index in [1.165, 1.54) is 11.6 Å². The third kappa shape index (κ3) is 4.97. The molecule has 0 fully saturated rings. The lowest BCUT2D eigenvalue weighted by atomic mass is 10.0. The lowest BCUT2D eigenvalue weighted by molar-refractivity contribution is 0.503. The molecular weight excluding hydrogens is 265 g/mol. The summed E-state index contributed by atoms with van der Waals surface area (Å²) in [4.78, 5) is 0. The van der Waals surface area contributed by atoms with E-state index in [0.29, 0.717) is 6.04 Å². The maximum Gasteiger partial charge on any atom is 0.123 e. The summed E-state index contributed by atoms with van der Waals surface area (Å²) < 4.78 is 15.3. The predicted molar refractivity (Wildman–Crippen MR) is 83.8 cm³/mol. The van der Waals surface area contributed by atoms with Gasteiger partial charge in [0, 0.05) is 18.8 Å². The number of hydrogen-bond donors (Lipinski definition) is 1. The maximum atomic E-state index is 13.3. The van der Waals surface area contributed by atoms with Crippen LogP contribution in [0.2, 0.25) is 0 Å². The summed E-state index contributed by atoms with van der Waals surface area (Å²) >= 11 is 0. The first-order valence-corrected chi connectivity index (χ1v) is 7.70. The largest absolute Gasteiger partial charge is 0.313 e. The van der Waals surface area contributed by atoms with Crippen LogP contribution < -0.4 is 5.32 Å². The van der Waals surface area contributed by atoms with Gasteiger partial charge in [0.1, 0.15) is 5.82 Å². The average Bonchev–Trinajstić information content (AvgIpc) is 2.92. The highest BCUT2D eigenvalue weighted by atomic mass is 19.1. The van der Waals surface area contributed by atoms with Gasteiger partial charge in [-0.15, -0.1) is 0 Å². The zero-order chi connectivity index (χ0) is 15.1. The van der Waals surface area contributed by atoms with Crippen LogP contribution in [-0.2, 0) is 19.4 Å². The first-order valence-electron chi connectivity index (χ1n) is 7.70. The van der Waals surface area contributed by atoms with Gasteiger partial charge in [-0.1, -0.05) is 19.1 Å². The second-order valence-corrected chi connectivity index (χ2v) is 5.39. The molecule has 0 bridgehead atoms. The van der Waals surface area contributed by atoms with Gasteiger partial charge < -0.3 is 5.32 Å². The molecule has 1 unspecified atom stereocenters. The van der Waals surface area contributed by atoms with E-state index in [1.54, 1.807) is 12.1 Å². The van der Waals surface area contributed by atoms with Gasteiger partial charge in [0.05, 0.1) is 6.20 Å². The SMILES string of the molecule is CCCNC(Cc1cccc(F)c1)Cc1cnn(CC)c1. The molecule has 1 aromatic heterocycles. The number of nitrogens with one attached hydrogen (secondary N) is 1. The molecule has 0 radical (unpaired) electrons. The number of rotatable bonds is 8. The minimum atomic E-state index is -0.166. The number of aromatic nitrogens is 2. The van der Waals surface area contributed by atoms with Gasteiger partial charge >= 0.3 is 0 Å². The van der Waals surface area contributed by atoms with Gasteiger partial charge in [-0.05, 0) is 56.0 Å². The first kappa shape index (κ1) is 15.7. The zero-order valence-corrected chi connectivity index (χ0v) is 12.8. The monoisotopic (exact) mass is 289 g/mol. The van der Waals surface area contributed by atoms with Gasteiger partial charge in [-0.3, -0.25) is 4.68 Å². The molecule has 2 aromatic rings. The summed E-state index contributed by atoms with van der Waals surface area (Å²) in [5, 5.41) is 7.87. The zero-order valence-electron chi connectivity index (χ0n) is 12.8. The van der Waals surface area contributed by atoms with E-state index in [1.807, 2.05) is 16.9 Å². The number of aryl methyl sites for hydroxylation is 1. The van der Waals surface area contributed by atoms with E-state index >= 15 is 0 Å². The summed E-state index contributed by atoms with van der Waals surface area (Å²) in [7, 11) is 0. The van der Waals surface area contributed by atoms with E-state index < -0.39 is 0 Å². The quantitative estimate of drug-likeness (QED) is 0.809. The Morgan fingerprint density at radius 3 is 2.71 bits per heavy atom. The molecule has 3 nitrogen and oxygen atoms in total. The number of nitrogens with zero attached hydrogens (tertiary/aromatic N) is 2. The van der Waals surface area contributed by atoms with Gasteiger partial charge in [-0.25, -0.2) is 4.39 Å². The van der Waals surface area contributed by atoms with E-state index in [-0.39, 0.29) is 5.82 Å². The van der Waals surface area contributed by atoms with Crippen molar-refractivity contribution < 1.29 is 4.39 Å². The second kappa shape index (κ2) is 7.93. The first-order chi connectivity index (χ1) is 10.2. The number of halogens is 1. The number of benzene rings is 1. The fourth-order valence-corrected chi connectivity index (χ4v) is 2.48. The summed E-state index contributed by atoms with van der Waals surface area (Å²) in [5.74, 6) is -0.166. The topological polar surface area (TPSA) is 29.9 Å². The molecule has 2 rings (SSSR count). The molecule has 0 aliphatic carbocycles. The third-order valence-electron chi connectivity index (χ3n) is 3.55. The second-order valence-electron chi connectivity index (χ2n) is 5.39. The van der Waals surface area contributed by atoms with Crippen LogP contribution in [0.3, 0.4) is 0 Å². The minimum Gasteiger partial charge on any atom is -0.313 e. The van der Waals surface area contributed by atoms with Crippen molar-refractivity contribution in [2.45, 2.75) is 45.7 Å². The fraction of sp³-hybridized carbons (Fsp3) is 0.471. The van der Waals surface area contributed by atoms with E-state index in [4.69, 9.17) is 0 Å². The standard InChI is InChI=1S/C17H24FN3/c1-3-8-19-17(10-14-6-5-7-16(18)9-14)11-15-12-20-21(4-2)13-15/h5-7,9,12-13,17,19H,3-4,8,10-11H2,1-2H3. The van der Waals surface area contributed by atoms with Crippen molar-refractivity contribution >= 4 is 0 Å².